The molecule has 0 spiro atoms. The van der Waals surface area contributed by atoms with Gasteiger partial charge in [-0.1, -0.05) is 13.3 Å². The van der Waals surface area contributed by atoms with Crippen molar-refractivity contribution >= 4 is 17.9 Å². The highest BCUT2D eigenvalue weighted by molar-refractivity contribution is 5.86. The van der Waals surface area contributed by atoms with E-state index in [0.29, 0.717) is 0 Å². The smallest absolute Gasteiger partial charge is 0.322 e. The third-order valence-electron chi connectivity index (χ3n) is 3.61. The van der Waals surface area contributed by atoms with Crippen molar-refractivity contribution in [3.05, 3.63) is 0 Å². The van der Waals surface area contributed by atoms with Gasteiger partial charge in [-0.15, -0.1) is 0 Å². The largest absolute Gasteiger partial charge is 0.480 e. The van der Waals surface area contributed by atoms with E-state index in [-0.39, 0.29) is 18.6 Å². The summed E-state index contributed by atoms with van der Waals surface area (Å²) < 4.78 is 0. The van der Waals surface area contributed by atoms with E-state index >= 15 is 0 Å². The van der Waals surface area contributed by atoms with Crippen LogP contribution in [0.5, 0.6) is 0 Å². The first-order valence-electron chi connectivity index (χ1n) is 7.04. The first-order valence-corrected chi connectivity index (χ1v) is 7.04. The number of amides is 3. The Bertz CT molecular complexity index is 352. The molecule has 0 heterocycles. The van der Waals surface area contributed by atoms with Gasteiger partial charge in [-0.3, -0.25) is 9.59 Å². The van der Waals surface area contributed by atoms with Gasteiger partial charge in [-0.25, -0.2) is 4.79 Å². The quantitative estimate of drug-likeness (QED) is 0.568. The minimum atomic E-state index is -1.12. The van der Waals surface area contributed by atoms with Crippen LogP contribution < -0.4 is 16.0 Å². The van der Waals surface area contributed by atoms with E-state index in [1.54, 1.807) is 0 Å². The van der Waals surface area contributed by atoms with E-state index in [0.717, 1.165) is 31.6 Å². The lowest BCUT2D eigenvalue weighted by Crippen LogP contribution is -2.47. The second-order valence-electron chi connectivity index (χ2n) is 5.12. The Morgan fingerprint density at radius 3 is 2.25 bits per heavy atom. The molecular formula is C13H23N3O4. The molecule has 20 heavy (non-hydrogen) atoms. The molecule has 0 atom stereocenters. The fourth-order valence-corrected chi connectivity index (χ4v) is 2.35. The summed E-state index contributed by atoms with van der Waals surface area (Å²) in [4.78, 5) is 33.0. The van der Waals surface area contributed by atoms with Gasteiger partial charge in [0.25, 0.3) is 0 Å². The summed E-state index contributed by atoms with van der Waals surface area (Å²) in [6, 6.07) is -0.213. The number of aliphatic carboxylic acids is 1. The standard InChI is InChI=1S/C13H23N3O4/c1-2-9-3-5-10(6-4-9)16-13(20)15-7-11(17)14-8-12(18)19/h9-10H,2-8H2,1H3,(H,14,17)(H,18,19)(H2,15,16,20). The zero-order chi connectivity index (χ0) is 15.0. The van der Waals surface area contributed by atoms with Crippen LogP contribution in [-0.2, 0) is 9.59 Å². The van der Waals surface area contributed by atoms with Crippen molar-refractivity contribution < 1.29 is 19.5 Å². The molecule has 4 N–H and O–H groups in total. The molecule has 1 rings (SSSR count). The molecule has 3 amide bonds. The van der Waals surface area contributed by atoms with Gasteiger partial charge >= 0.3 is 12.0 Å². The number of carbonyl (C=O) groups excluding carboxylic acids is 2. The van der Waals surface area contributed by atoms with Gasteiger partial charge < -0.3 is 21.1 Å². The van der Waals surface area contributed by atoms with Crippen molar-refractivity contribution in [2.24, 2.45) is 5.92 Å². The monoisotopic (exact) mass is 285 g/mol. The molecule has 7 heteroatoms. The van der Waals surface area contributed by atoms with Crippen molar-refractivity contribution in [2.75, 3.05) is 13.1 Å². The van der Waals surface area contributed by atoms with Crippen molar-refractivity contribution in [1.82, 2.24) is 16.0 Å². The summed E-state index contributed by atoms with van der Waals surface area (Å²) in [7, 11) is 0. The molecule has 0 unspecified atom stereocenters. The van der Waals surface area contributed by atoms with Gasteiger partial charge in [0, 0.05) is 6.04 Å². The van der Waals surface area contributed by atoms with Gasteiger partial charge in [-0.05, 0) is 31.6 Å². The van der Waals surface area contributed by atoms with Gasteiger partial charge in [0.05, 0.1) is 6.54 Å². The number of hydrogen-bond donors (Lipinski definition) is 4. The van der Waals surface area contributed by atoms with Crippen LogP contribution in [0.15, 0.2) is 0 Å². The lowest BCUT2D eigenvalue weighted by molar-refractivity contribution is -0.137. The lowest BCUT2D eigenvalue weighted by atomic mass is 9.85. The minimum absolute atomic E-state index is 0.167. The molecule has 0 aromatic rings. The molecular weight excluding hydrogens is 262 g/mol. The van der Waals surface area contributed by atoms with E-state index in [2.05, 4.69) is 22.9 Å². The molecule has 7 nitrogen and oxygen atoms in total. The Morgan fingerprint density at radius 2 is 1.70 bits per heavy atom. The minimum Gasteiger partial charge on any atom is -0.480 e. The van der Waals surface area contributed by atoms with Gasteiger partial charge in [-0.2, -0.15) is 0 Å². The molecule has 0 aromatic heterocycles. The molecule has 1 aliphatic rings. The van der Waals surface area contributed by atoms with E-state index < -0.39 is 18.4 Å². The Morgan fingerprint density at radius 1 is 1.05 bits per heavy atom. The second-order valence-corrected chi connectivity index (χ2v) is 5.12. The maximum absolute atomic E-state index is 11.6. The highest BCUT2D eigenvalue weighted by Gasteiger charge is 2.21. The molecule has 1 saturated carbocycles. The number of hydrogen-bond acceptors (Lipinski definition) is 3. The molecule has 0 saturated heterocycles. The summed E-state index contributed by atoms with van der Waals surface area (Å²) in [6.45, 7) is 1.52. The summed E-state index contributed by atoms with van der Waals surface area (Å²) in [6.07, 6.45) is 5.37. The van der Waals surface area contributed by atoms with Gasteiger partial charge in [0.2, 0.25) is 5.91 Å². The Balaban J connectivity index is 2.14. The molecule has 0 bridgehead atoms. The summed E-state index contributed by atoms with van der Waals surface area (Å²) in [5, 5.41) is 15.8. The summed E-state index contributed by atoms with van der Waals surface area (Å²) in [5.41, 5.74) is 0. The zero-order valence-corrected chi connectivity index (χ0v) is 11.8. The van der Waals surface area contributed by atoms with Crippen molar-refractivity contribution in [1.29, 1.82) is 0 Å². The fraction of sp³-hybridized carbons (Fsp3) is 0.769. The van der Waals surface area contributed by atoms with E-state index in [9.17, 15) is 14.4 Å². The highest BCUT2D eigenvalue weighted by Crippen LogP contribution is 2.26. The van der Waals surface area contributed by atoms with Crippen molar-refractivity contribution in [3.63, 3.8) is 0 Å². The lowest BCUT2D eigenvalue weighted by Gasteiger charge is -2.28. The maximum Gasteiger partial charge on any atom is 0.322 e. The van der Waals surface area contributed by atoms with E-state index in [1.165, 1.54) is 6.42 Å². The van der Waals surface area contributed by atoms with Crippen LogP contribution in [0.2, 0.25) is 0 Å². The molecule has 0 radical (unpaired) electrons. The number of carbonyl (C=O) groups is 3. The Labute approximate surface area is 118 Å². The first kappa shape index (κ1) is 16.3. The maximum atomic E-state index is 11.6. The van der Waals surface area contributed by atoms with E-state index in [4.69, 9.17) is 5.11 Å². The number of carboxylic acids is 1. The van der Waals surface area contributed by atoms with Crippen molar-refractivity contribution in [3.8, 4) is 0 Å². The van der Waals surface area contributed by atoms with Crippen LogP contribution >= 0.6 is 0 Å². The van der Waals surface area contributed by atoms with Gasteiger partial charge in [0.15, 0.2) is 0 Å². The van der Waals surface area contributed by atoms with Crippen molar-refractivity contribution in [2.45, 2.75) is 45.1 Å². The molecule has 114 valence electrons. The Hall–Kier alpha value is -1.79. The average molecular weight is 285 g/mol. The normalized spacial score (nSPS) is 21.9. The van der Waals surface area contributed by atoms with Crippen LogP contribution in [0, 0.1) is 5.92 Å². The van der Waals surface area contributed by atoms with Crippen LogP contribution in [0.3, 0.4) is 0 Å². The summed E-state index contributed by atoms with van der Waals surface area (Å²) >= 11 is 0. The zero-order valence-electron chi connectivity index (χ0n) is 11.8. The predicted molar refractivity (Wildman–Crippen MR) is 73.2 cm³/mol. The number of nitrogens with one attached hydrogen (secondary N) is 3. The topological polar surface area (TPSA) is 108 Å². The molecule has 1 aliphatic carbocycles. The number of rotatable bonds is 6. The Kier molecular flexibility index (Phi) is 6.83. The SMILES string of the molecule is CCC1CCC(NC(=O)NCC(=O)NCC(=O)O)CC1. The second kappa shape index (κ2) is 8.39. The molecule has 0 aliphatic heterocycles. The van der Waals surface area contributed by atoms with Gasteiger partial charge in [0.1, 0.15) is 6.54 Å². The molecule has 0 aromatic carbocycles. The number of urea groups is 1. The first-order chi connectivity index (χ1) is 9.51. The summed E-state index contributed by atoms with van der Waals surface area (Å²) in [5.74, 6) is -0.870. The predicted octanol–water partition coefficient (Wildman–Crippen LogP) is 0.455. The van der Waals surface area contributed by atoms with Crippen LogP contribution in [0.25, 0.3) is 0 Å². The van der Waals surface area contributed by atoms with Crippen LogP contribution in [-0.4, -0.2) is 42.1 Å². The van der Waals surface area contributed by atoms with Crippen LogP contribution in [0.4, 0.5) is 4.79 Å². The van der Waals surface area contributed by atoms with Crippen LogP contribution in [0.1, 0.15) is 39.0 Å². The molecule has 1 fully saturated rings. The fourth-order valence-electron chi connectivity index (χ4n) is 2.35. The van der Waals surface area contributed by atoms with E-state index in [1.807, 2.05) is 0 Å². The average Bonchev–Trinajstić information content (AvgIpc) is 2.43. The number of carboxylic acid groups (broad SMARTS) is 1. The third-order valence-corrected chi connectivity index (χ3v) is 3.61. The third kappa shape index (κ3) is 6.40. The highest BCUT2D eigenvalue weighted by atomic mass is 16.4.